The number of rotatable bonds is 4. The van der Waals surface area contributed by atoms with Crippen LogP contribution < -0.4 is 10.5 Å². The molecule has 4 heteroatoms. The molecule has 1 aromatic carbocycles. The summed E-state index contributed by atoms with van der Waals surface area (Å²) in [5, 5.41) is 0. The molecular weight excluding hydrogens is 252 g/mol. The van der Waals surface area contributed by atoms with Gasteiger partial charge in [-0.2, -0.15) is 0 Å². The molecule has 104 valence electrons. The number of ether oxygens (including phenoxy) is 2. The van der Waals surface area contributed by atoms with Gasteiger partial charge in [0.15, 0.2) is 0 Å². The predicted octanol–water partition coefficient (Wildman–Crippen LogP) is 2.23. The molecule has 0 bridgehead atoms. The second-order valence-corrected chi connectivity index (χ2v) is 4.81. The number of pyridine rings is 1. The highest BCUT2D eigenvalue weighted by Crippen LogP contribution is 2.27. The second kappa shape index (κ2) is 6.03. The highest BCUT2D eigenvalue weighted by molar-refractivity contribution is 5.31. The van der Waals surface area contributed by atoms with Gasteiger partial charge in [-0.05, 0) is 29.7 Å². The summed E-state index contributed by atoms with van der Waals surface area (Å²) in [5.41, 5.74) is 8.96. The number of fused-ring (bicyclic) bond motifs is 1. The van der Waals surface area contributed by atoms with Crippen molar-refractivity contribution >= 4 is 0 Å². The number of nitrogens with two attached hydrogens (primary N) is 1. The van der Waals surface area contributed by atoms with Crippen molar-refractivity contribution < 1.29 is 9.47 Å². The lowest BCUT2D eigenvalue weighted by Gasteiger charge is -2.26. The van der Waals surface area contributed by atoms with E-state index in [1.807, 2.05) is 18.2 Å². The first-order chi connectivity index (χ1) is 9.86. The molecule has 0 radical (unpaired) electrons. The molecule has 0 aliphatic carbocycles. The van der Waals surface area contributed by atoms with Gasteiger partial charge in [0.2, 0.25) is 0 Å². The fraction of sp³-hybridized carbons (Fsp3) is 0.312. The first kappa shape index (κ1) is 13.1. The maximum absolute atomic E-state index is 5.81. The Kier molecular flexibility index (Phi) is 3.95. The molecule has 0 saturated carbocycles. The van der Waals surface area contributed by atoms with Crippen LogP contribution in [0.2, 0.25) is 0 Å². The Morgan fingerprint density at radius 1 is 1.25 bits per heavy atom. The number of aromatic nitrogens is 1. The van der Waals surface area contributed by atoms with Crippen molar-refractivity contribution in [2.24, 2.45) is 5.73 Å². The highest BCUT2D eigenvalue weighted by atomic mass is 16.5. The summed E-state index contributed by atoms with van der Waals surface area (Å²) in [6.45, 7) is 1.69. The van der Waals surface area contributed by atoms with Crippen molar-refractivity contribution in [3.63, 3.8) is 0 Å². The molecule has 0 fully saturated rings. The van der Waals surface area contributed by atoms with E-state index in [2.05, 4.69) is 23.2 Å². The van der Waals surface area contributed by atoms with E-state index in [0.717, 1.165) is 24.5 Å². The quantitative estimate of drug-likeness (QED) is 0.925. The lowest BCUT2D eigenvalue weighted by Crippen LogP contribution is -2.21. The molecule has 0 amide bonds. The zero-order valence-corrected chi connectivity index (χ0v) is 11.3. The second-order valence-electron chi connectivity index (χ2n) is 4.81. The van der Waals surface area contributed by atoms with Crippen molar-refractivity contribution in [2.45, 2.75) is 19.1 Å². The Balaban J connectivity index is 1.66. The van der Waals surface area contributed by atoms with Crippen molar-refractivity contribution in [3.8, 4) is 5.75 Å². The summed E-state index contributed by atoms with van der Waals surface area (Å²) in [5.74, 6) is 0.744. The average molecular weight is 270 g/mol. The Morgan fingerprint density at radius 3 is 2.95 bits per heavy atom. The van der Waals surface area contributed by atoms with E-state index < -0.39 is 0 Å². The third kappa shape index (κ3) is 2.81. The zero-order valence-electron chi connectivity index (χ0n) is 11.3. The van der Waals surface area contributed by atoms with Gasteiger partial charge in [0.25, 0.3) is 0 Å². The van der Waals surface area contributed by atoms with Gasteiger partial charge >= 0.3 is 0 Å². The third-order valence-corrected chi connectivity index (χ3v) is 3.50. The summed E-state index contributed by atoms with van der Waals surface area (Å²) >= 11 is 0. The Labute approximate surface area is 118 Å². The van der Waals surface area contributed by atoms with Gasteiger partial charge in [-0.25, -0.2) is 0 Å². The van der Waals surface area contributed by atoms with Gasteiger partial charge in [0, 0.05) is 6.54 Å². The topological polar surface area (TPSA) is 57.4 Å². The Bertz CT molecular complexity index is 569. The van der Waals surface area contributed by atoms with E-state index in [9.17, 15) is 0 Å². The minimum Gasteiger partial charge on any atom is -0.489 e. The van der Waals surface area contributed by atoms with E-state index in [1.54, 1.807) is 6.20 Å². The van der Waals surface area contributed by atoms with E-state index in [-0.39, 0.29) is 6.10 Å². The molecule has 1 aliphatic rings. The first-order valence-corrected chi connectivity index (χ1v) is 6.84. The predicted molar refractivity (Wildman–Crippen MR) is 76.5 cm³/mol. The van der Waals surface area contributed by atoms with Crippen LogP contribution in [0.15, 0.2) is 42.6 Å². The number of nitrogens with zero attached hydrogens (tertiary/aromatic N) is 1. The van der Waals surface area contributed by atoms with Crippen molar-refractivity contribution in [1.82, 2.24) is 4.98 Å². The van der Waals surface area contributed by atoms with Crippen LogP contribution in [0.4, 0.5) is 0 Å². The van der Waals surface area contributed by atoms with Gasteiger partial charge in [-0.3, -0.25) is 4.98 Å². The molecule has 1 atom stereocenters. The molecule has 2 aromatic rings. The molecule has 1 aromatic heterocycles. The standard InChI is InChI=1S/C16H18N2O2/c17-9-13-5-6-14(10-18-13)20-11-16-15-4-2-1-3-12(15)7-8-19-16/h1-6,10,16H,7-9,11,17H2. The van der Waals surface area contributed by atoms with E-state index in [4.69, 9.17) is 15.2 Å². The normalized spacial score (nSPS) is 17.6. The summed E-state index contributed by atoms with van der Waals surface area (Å²) in [7, 11) is 0. The minimum atomic E-state index is -0.00543. The lowest BCUT2D eigenvalue weighted by atomic mass is 9.98. The molecule has 1 unspecified atom stereocenters. The molecule has 2 heterocycles. The SMILES string of the molecule is NCc1ccc(OCC2OCCc3ccccc32)cn1. The molecule has 20 heavy (non-hydrogen) atoms. The van der Waals surface area contributed by atoms with Crippen LogP contribution in [0.25, 0.3) is 0 Å². The van der Waals surface area contributed by atoms with Gasteiger partial charge in [0.05, 0.1) is 18.5 Å². The van der Waals surface area contributed by atoms with Crippen LogP contribution in [0.1, 0.15) is 22.9 Å². The third-order valence-electron chi connectivity index (χ3n) is 3.50. The van der Waals surface area contributed by atoms with Crippen molar-refractivity contribution in [3.05, 3.63) is 59.4 Å². The fourth-order valence-corrected chi connectivity index (χ4v) is 2.40. The fourth-order valence-electron chi connectivity index (χ4n) is 2.40. The van der Waals surface area contributed by atoms with E-state index >= 15 is 0 Å². The smallest absolute Gasteiger partial charge is 0.137 e. The molecule has 4 nitrogen and oxygen atoms in total. The number of benzene rings is 1. The highest BCUT2D eigenvalue weighted by Gasteiger charge is 2.20. The van der Waals surface area contributed by atoms with Crippen LogP contribution in [0.3, 0.4) is 0 Å². The van der Waals surface area contributed by atoms with Crippen LogP contribution in [-0.4, -0.2) is 18.2 Å². The molecular formula is C16H18N2O2. The number of hydrogen-bond acceptors (Lipinski definition) is 4. The summed E-state index contributed by atoms with van der Waals surface area (Å²) in [4.78, 5) is 4.21. The van der Waals surface area contributed by atoms with Gasteiger partial charge < -0.3 is 15.2 Å². The molecule has 0 saturated heterocycles. The maximum atomic E-state index is 5.81. The number of hydrogen-bond donors (Lipinski definition) is 1. The molecule has 0 spiro atoms. The van der Waals surface area contributed by atoms with Crippen LogP contribution in [-0.2, 0) is 17.7 Å². The molecule has 3 rings (SSSR count). The Morgan fingerprint density at radius 2 is 2.15 bits per heavy atom. The van der Waals surface area contributed by atoms with Gasteiger partial charge in [0.1, 0.15) is 18.5 Å². The minimum absolute atomic E-state index is 0.00543. The van der Waals surface area contributed by atoms with Crippen molar-refractivity contribution in [2.75, 3.05) is 13.2 Å². The Hall–Kier alpha value is -1.91. The summed E-state index contributed by atoms with van der Waals surface area (Å²) in [6.07, 6.45) is 2.67. The largest absolute Gasteiger partial charge is 0.489 e. The van der Waals surface area contributed by atoms with Crippen molar-refractivity contribution in [1.29, 1.82) is 0 Å². The molecule has 2 N–H and O–H groups in total. The van der Waals surface area contributed by atoms with Gasteiger partial charge in [-0.1, -0.05) is 24.3 Å². The van der Waals surface area contributed by atoms with Gasteiger partial charge in [-0.15, -0.1) is 0 Å². The average Bonchev–Trinajstić information content (AvgIpc) is 2.53. The van der Waals surface area contributed by atoms with E-state index in [0.29, 0.717) is 13.2 Å². The summed E-state index contributed by atoms with van der Waals surface area (Å²) in [6, 6.07) is 12.1. The molecule has 1 aliphatic heterocycles. The monoisotopic (exact) mass is 270 g/mol. The zero-order chi connectivity index (χ0) is 13.8. The first-order valence-electron chi connectivity index (χ1n) is 6.84. The van der Waals surface area contributed by atoms with Crippen LogP contribution in [0, 0.1) is 0 Å². The summed E-state index contributed by atoms with van der Waals surface area (Å²) < 4.78 is 11.6. The maximum Gasteiger partial charge on any atom is 0.137 e. The lowest BCUT2D eigenvalue weighted by molar-refractivity contribution is 0.0101. The van der Waals surface area contributed by atoms with Crippen LogP contribution >= 0.6 is 0 Å². The van der Waals surface area contributed by atoms with E-state index in [1.165, 1.54) is 11.1 Å². The van der Waals surface area contributed by atoms with Crippen LogP contribution in [0.5, 0.6) is 5.75 Å².